The molecule has 2 aliphatic heterocycles. The summed E-state index contributed by atoms with van der Waals surface area (Å²) in [4.78, 5) is 45.3. The molecule has 0 aliphatic carbocycles. The summed E-state index contributed by atoms with van der Waals surface area (Å²) < 4.78 is 17.0. The maximum Gasteiger partial charge on any atom is 0.355 e. The fourth-order valence-electron chi connectivity index (χ4n) is 5.78. The topological polar surface area (TPSA) is 96.3 Å². The molecule has 12 heteroatoms. The molecular weight excluding hydrogens is 589 g/mol. The summed E-state index contributed by atoms with van der Waals surface area (Å²) in [6, 6.07) is 8.25. The van der Waals surface area contributed by atoms with Crippen LogP contribution in [0.1, 0.15) is 32.4 Å². The van der Waals surface area contributed by atoms with Crippen molar-refractivity contribution in [2.75, 3.05) is 42.1 Å². The lowest BCUT2D eigenvalue weighted by atomic mass is 10.1. The fourth-order valence-corrected chi connectivity index (χ4v) is 6.94. The number of nitrogens with zero attached hydrogens (tertiary/aromatic N) is 6. The van der Waals surface area contributed by atoms with Gasteiger partial charge in [0.1, 0.15) is 11.6 Å². The average Bonchev–Trinajstić information content (AvgIpc) is 2.98. The van der Waals surface area contributed by atoms with Crippen LogP contribution in [-0.4, -0.2) is 68.3 Å². The van der Waals surface area contributed by atoms with Gasteiger partial charge in [-0.2, -0.15) is 4.98 Å². The molecular formula is C31H31ClFN7O2S. The van der Waals surface area contributed by atoms with Crippen LogP contribution in [0.4, 0.5) is 15.9 Å². The highest BCUT2D eigenvalue weighted by molar-refractivity contribution is 7.99. The molecule has 1 N–H and O–H groups in total. The van der Waals surface area contributed by atoms with Crippen molar-refractivity contribution in [3.05, 3.63) is 76.2 Å². The minimum atomic E-state index is -0.527. The van der Waals surface area contributed by atoms with Crippen LogP contribution < -0.4 is 15.9 Å². The first-order valence-corrected chi connectivity index (χ1v) is 15.5. The van der Waals surface area contributed by atoms with Crippen LogP contribution in [0, 0.1) is 5.82 Å². The number of piperazine rings is 1. The molecule has 0 spiro atoms. The van der Waals surface area contributed by atoms with Gasteiger partial charge in [-0.15, -0.1) is 11.8 Å². The Morgan fingerprint density at radius 3 is 2.81 bits per heavy atom. The second-order valence-electron chi connectivity index (χ2n) is 10.9. The first kappa shape index (κ1) is 29.1. The predicted octanol–water partition coefficient (Wildman–Crippen LogP) is 5.50. The number of halogens is 2. The Hall–Kier alpha value is -3.96. The van der Waals surface area contributed by atoms with Crippen molar-refractivity contribution in [1.29, 1.82) is 0 Å². The summed E-state index contributed by atoms with van der Waals surface area (Å²) in [5.41, 5.74) is 2.13. The van der Waals surface area contributed by atoms with Crippen molar-refractivity contribution in [3.8, 4) is 16.9 Å². The smallest absolute Gasteiger partial charge is 0.355 e. The van der Waals surface area contributed by atoms with Gasteiger partial charge < -0.3 is 15.1 Å². The summed E-state index contributed by atoms with van der Waals surface area (Å²) >= 11 is 8.48. The van der Waals surface area contributed by atoms with E-state index in [1.54, 1.807) is 41.1 Å². The molecule has 5 heterocycles. The van der Waals surface area contributed by atoms with Crippen molar-refractivity contribution in [3.63, 3.8) is 0 Å². The summed E-state index contributed by atoms with van der Waals surface area (Å²) in [6.45, 7) is 11.5. The van der Waals surface area contributed by atoms with Crippen LogP contribution in [0.2, 0.25) is 5.02 Å². The van der Waals surface area contributed by atoms with E-state index in [1.165, 1.54) is 16.7 Å². The lowest BCUT2D eigenvalue weighted by Crippen LogP contribution is -2.54. The Kier molecular flexibility index (Phi) is 7.87. The monoisotopic (exact) mass is 619 g/mol. The van der Waals surface area contributed by atoms with E-state index in [1.807, 2.05) is 31.7 Å². The van der Waals surface area contributed by atoms with E-state index < -0.39 is 11.5 Å². The molecule has 3 aromatic heterocycles. The van der Waals surface area contributed by atoms with E-state index in [9.17, 15) is 9.59 Å². The lowest BCUT2D eigenvalue weighted by molar-refractivity contribution is -0.126. The lowest BCUT2D eigenvalue weighted by Gasteiger charge is -2.40. The largest absolute Gasteiger partial charge is 0.384 e. The van der Waals surface area contributed by atoms with E-state index in [-0.39, 0.29) is 34.1 Å². The van der Waals surface area contributed by atoms with Crippen molar-refractivity contribution in [2.24, 2.45) is 0 Å². The van der Waals surface area contributed by atoms with Crippen LogP contribution in [0.25, 0.3) is 28.0 Å². The molecule has 43 heavy (non-hydrogen) atoms. The minimum Gasteiger partial charge on any atom is -0.384 e. The quantitative estimate of drug-likeness (QED) is 0.301. The molecule has 1 aromatic carbocycles. The number of hydrogen-bond donors (Lipinski definition) is 1. The third-order valence-corrected chi connectivity index (χ3v) is 9.14. The Morgan fingerprint density at radius 2 is 2.07 bits per heavy atom. The Bertz CT molecular complexity index is 1830. The highest BCUT2D eigenvalue weighted by Crippen LogP contribution is 2.40. The third kappa shape index (κ3) is 5.14. The highest BCUT2D eigenvalue weighted by Gasteiger charge is 2.31. The number of carbonyl (C=O) groups excluding carboxylic acids is 1. The zero-order chi connectivity index (χ0) is 30.4. The second kappa shape index (κ2) is 11.6. The van der Waals surface area contributed by atoms with Crippen LogP contribution in [0.3, 0.4) is 0 Å². The standard InChI is InChI=1S/C31H31ClFN7O2S/c1-5-24(41)38-12-13-39(18(4)16-38)29-19-15-20(32)27-25-21(33)7-6-8-22(25)34-11-14-43-23-9-10-35-26(17(2)3)28(23)40(30(19)36-27)31(42)37-29/h5-10,15,17-18,34H,1,11-14,16H2,2-4H3/t18-/m1/s1. The van der Waals surface area contributed by atoms with Gasteiger partial charge in [0.05, 0.1) is 33.0 Å². The summed E-state index contributed by atoms with van der Waals surface area (Å²) in [5.74, 6) is 0.428. The minimum absolute atomic E-state index is 0.0105. The number of amides is 1. The van der Waals surface area contributed by atoms with Crippen molar-refractivity contribution < 1.29 is 9.18 Å². The molecule has 4 aromatic rings. The zero-order valence-corrected chi connectivity index (χ0v) is 25.7. The summed E-state index contributed by atoms with van der Waals surface area (Å²) in [7, 11) is 0. The molecule has 6 rings (SSSR count). The molecule has 222 valence electrons. The number of anilines is 2. The van der Waals surface area contributed by atoms with Crippen molar-refractivity contribution in [1.82, 2.24) is 24.4 Å². The summed E-state index contributed by atoms with van der Waals surface area (Å²) in [5, 5.41) is 4.12. The number of rotatable bonds is 3. The first-order chi connectivity index (χ1) is 20.7. The van der Waals surface area contributed by atoms with E-state index in [0.717, 1.165) is 10.6 Å². The van der Waals surface area contributed by atoms with Gasteiger partial charge in [-0.3, -0.25) is 9.78 Å². The molecule has 1 fully saturated rings. The van der Waals surface area contributed by atoms with Crippen molar-refractivity contribution in [2.45, 2.75) is 37.6 Å². The average molecular weight is 620 g/mol. The molecule has 1 amide bonds. The SMILES string of the molecule is C=CC(=O)N1CCN(c2nc(=O)n3c4nc(c(Cl)cc24)-c2c(F)cccc2NCCSc2ccnc(C(C)C)c2-3)[C@H](C)C1. The summed E-state index contributed by atoms with van der Waals surface area (Å²) in [6.07, 6.45) is 3.06. The number of pyridine rings is 2. The number of nitrogens with one attached hydrogen (secondary N) is 1. The Balaban J connectivity index is 1.68. The van der Waals surface area contributed by atoms with Crippen LogP contribution >= 0.6 is 23.4 Å². The second-order valence-corrected chi connectivity index (χ2v) is 12.5. The number of carbonyl (C=O) groups is 1. The van der Waals surface area contributed by atoms with Gasteiger partial charge in [0, 0.05) is 54.8 Å². The highest BCUT2D eigenvalue weighted by atomic mass is 35.5. The maximum atomic E-state index is 15.5. The number of hydrogen-bond acceptors (Lipinski definition) is 8. The van der Waals surface area contributed by atoms with Gasteiger partial charge in [0.25, 0.3) is 0 Å². The van der Waals surface area contributed by atoms with E-state index in [2.05, 4.69) is 21.9 Å². The molecule has 1 saturated heterocycles. The number of thioether (sulfide) groups is 1. The number of benzene rings is 1. The van der Waals surface area contributed by atoms with Gasteiger partial charge in [-0.1, -0.05) is 38.1 Å². The number of aromatic nitrogens is 4. The van der Waals surface area contributed by atoms with Gasteiger partial charge in [0.2, 0.25) is 5.91 Å². The van der Waals surface area contributed by atoms with Gasteiger partial charge in [-0.05, 0) is 43.2 Å². The van der Waals surface area contributed by atoms with E-state index in [0.29, 0.717) is 60.2 Å². The van der Waals surface area contributed by atoms with Crippen LogP contribution in [0.5, 0.6) is 0 Å². The normalized spacial score (nSPS) is 16.7. The Labute approximate surface area is 257 Å². The van der Waals surface area contributed by atoms with E-state index >= 15 is 4.39 Å². The van der Waals surface area contributed by atoms with Crippen molar-refractivity contribution >= 4 is 51.8 Å². The molecule has 0 unspecified atom stereocenters. The Morgan fingerprint density at radius 1 is 1.26 bits per heavy atom. The first-order valence-electron chi connectivity index (χ1n) is 14.2. The van der Waals surface area contributed by atoms with Crippen LogP contribution in [-0.2, 0) is 4.79 Å². The van der Waals surface area contributed by atoms with E-state index in [4.69, 9.17) is 16.6 Å². The van der Waals surface area contributed by atoms with Crippen LogP contribution in [0.15, 0.2) is 58.9 Å². The van der Waals surface area contributed by atoms with Gasteiger partial charge in [0.15, 0.2) is 5.65 Å². The molecule has 9 nitrogen and oxygen atoms in total. The van der Waals surface area contributed by atoms with Gasteiger partial charge in [-0.25, -0.2) is 18.7 Å². The third-order valence-electron chi connectivity index (χ3n) is 7.80. The maximum absolute atomic E-state index is 15.5. The fraction of sp³-hybridized carbons (Fsp3) is 0.323. The zero-order valence-electron chi connectivity index (χ0n) is 24.1. The molecule has 0 radical (unpaired) electrons. The predicted molar refractivity (Wildman–Crippen MR) is 170 cm³/mol. The van der Waals surface area contributed by atoms with Gasteiger partial charge >= 0.3 is 5.69 Å². The molecule has 0 saturated carbocycles. The molecule has 2 aliphatic rings. The molecule has 1 atom stereocenters. The molecule has 2 bridgehead atoms. The number of fused-ring (bicyclic) bond motifs is 5.